The Hall–Kier alpha value is -1.97. The summed E-state index contributed by atoms with van der Waals surface area (Å²) in [6, 6.07) is 14.7. The highest BCUT2D eigenvalue weighted by molar-refractivity contribution is 5.85. The molecule has 4 heteroatoms. The van der Waals surface area contributed by atoms with E-state index >= 15 is 0 Å². The molecular weight excluding hydrogens is 322 g/mol. The molecule has 1 heterocycles. The van der Waals surface area contributed by atoms with Crippen LogP contribution in [0, 0.1) is 6.92 Å². The standard InChI is InChI=1S/C20H23NO2.ClH/c1-16-5-3-6-17(13-16)7-4-10-21(2)15-18-8-9-19-20(14-18)23-12-11-22-19;/h3-9,13-14H,10-12,15H2,1-2H3;1H/b7-4+;. The maximum absolute atomic E-state index is 5.64. The van der Waals surface area contributed by atoms with E-state index in [9.17, 15) is 0 Å². The number of hydrogen-bond acceptors (Lipinski definition) is 3. The lowest BCUT2D eigenvalue weighted by Gasteiger charge is -2.20. The molecule has 0 spiro atoms. The van der Waals surface area contributed by atoms with Gasteiger partial charge in [-0.3, -0.25) is 4.90 Å². The summed E-state index contributed by atoms with van der Waals surface area (Å²) >= 11 is 0. The molecule has 0 aromatic heterocycles. The fourth-order valence-corrected chi connectivity index (χ4v) is 2.70. The van der Waals surface area contributed by atoms with E-state index in [2.05, 4.69) is 67.4 Å². The van der Waals surface area contributed by atoms with Crippen molar-refractivity contribution in [1.29, 1.82) is 0 Å². The Balaban J connectivity index is 0.00000208. The van der Waals surface area contributed by atoms with E-state index in [4.69, 9.17) is 9.47 Å². The number of fused-ring (bicyclic) bond motifs is 1. The highest BCUT2D eigenvalue weighted by Gasteiger charge is 2.12. The van der Waals surface area contributed by atoms with Gasteiger partial charge in [0, 0.05) is 13.1 Å². The predicted octanol–water partition coefficient (Wildman–Crippen LogP) is 4.33. The number of rotatable bonds is 5. The molecule has 0 saturated carbocycles. The minimum absolute atomic E-state index is 0. The predicted molar refractivity (Wildman–Crippen MR) is 101 cm³/mol. The van der Waals surface area contributed by atoms with Crippen molar-refractivity contribution < 1.29 is 9.47 Å². The van der Waals surface area contributed by atoms with Gasteiger partial charge in [-0.05, 0) is 37.2 Å². The SMILES string of the molecule is Cc1cccc(/C=C/CN(C)Cc2ccc3c(c2)OCCO3)c1.Cl. The van der Waals surface area contributed by atoms with E-state index in [1.165, 1.54) is 16.7 Å². The van der Waals surface area contributed by atoms with Gasteiger partial charge in [0.05, 0.1) is 0 Å². The zero-order valence-electron chi connectivity index (χ0n) is 14.2. The van der Waals surface area contributed by atoms with Crippen molar-refractivity contribution in [2.24, 2.45) is 0 Å². The lowest BCUT2D eigenvalue weighted by molar-refractivity contribution is 0.171. The molecule has 0 saturated heterocycles. The largest absolute Gasteiger partial charge is 0.486 e. The van der Waals surface area contributed by atoms with E-state index in [1.807, 2.05) is 6.07 Å². The fraction of sp³-hybridized carbons (Fsp3) is 0.300. The Labute approximate surface area is 150 Å². The number of benzene rings is 2. The molecule has 0 aliphatic carbocycles. The number of nitrogens with zero attached hydrogens (tertiary/aromatic N) is 1. The van der Waals surface area contributed by atoms with Gasteiger partial charge in [0.15, 0.2) is 11.5 Å². The third-order valence-electron chi connectivity index (χ3n) is 3.83. The van der Waals surface area contributed by atoms with Gasteiger partial charge in [-0.2, -0.15) is 0 Å². The van der Waals surface area contributed by atoms with Gasteiger partial charge >= 0.3 is 0 Å². The molecule has 0 N–H and O–H groups in total. The van der Waals surface area contributed by atoms with Crippen LogP contribution in [0.4, 0.5) is 0 Å². The maximum Gasteiger partial charge on any atom is 0.161 e. The van der Waals surface area contributed by atoms with Gasteiger partial charge in [-0.15, -0.1) is 12.4 Å². The van der Waals surface area contributed by atoms with Crippen molar-refractivity contribution >= 4 is 18.5 Å². The molecule has 0 radical (unpaired) electrons. The summed E-state index contributed by atoms with van der Waals surface area (Å²) in [5, 5.41) is 0. The third-order valence-corrected chi connectivity index (χ3v) is 3.83. The summed E-state index contributed by atoms with van der Waals surface area (Å²) in [7, 11) is 2.12. The molecule has 3 rings (SSSR count). The Morgan fingerprint density at radius 3 is 2.62 bits per heavy atom. The van der Waals surface area contributed by atoms with Gasteiger partial charge in [0.2, 0.25) is 0 Å². The summed E-state index contributed by atoms with van der Waals surface area (Å²) in [5.41, 5.74) is 3.77. The number of aryl methyl sites for hydroxylation is 1. The summed E-state index contributed by atoms with van der Waals surface area (Å²) in [4.78, 5) is 2.28. The van der Waals surface area contributed by atoms with Crippen molar-refractivity contribution in [3.05, 3.63) is 65.2 Å². The van der Waals surface area contributed by atoms with Crippen LogP contribution in [0.2, 0.25) is 0 Å². The van der Waals surface area contributed by atoms with Crippen LogP contribution in [0.1, 0.15) is 16.7 Å². The fourth-order valence-electron chi connectivity index (χ4n) is 2.70. The first-order chi connectivity index (χ1) is 11.2. The zero-order chi connectivity index (χ0) is 16.1. The van der Waals surface area contributed by atoms with Crippen LogP contribution in [0.25, 0.3) is 6.08 Å². The van der Waals surface area contributed by atoms with Gasteiger partial charge in [-0.25, -0.2) is 0 Å². The minimum atomic E-state index is 0. The van der Waals surface area contributed by atoms with Crippen molar-refractivity contribution in [3.63, 3.8) is 0 Å². The molecule has 24 heavy (non-hydrogen) atoms. The number of hydrogen-bond donors (Lipinski definition) is 0. The van der Waals surface area contributed by atoms with E-state index < -0.39 is 0 Å². The van der Waals surface area contributed by atoms with Crippen LogP contribution in [0.15, 0.2) is 48.5 Å². The second kappa shape index (κ2) is 8.76. The second-order valence-electron chi connectivity index (χ2n) is 5.99. The summed E-state index contributed by atoms with van der Waals surface area (Å²) in [5.74, 6) is 1.71. The molecular formula is C20H24ClNO2. The first-order valence-corrected chi connectivity index (χ1v) is 8.01. The molecule has 128 valence electrons. The van der Waals surface area contributed by atoms with Crippen LogP contribution >= 0.6 is 12.4 Å². The van der Waals surface area contributed by atoms with E-state index in [0.29, 0.717) is 13.2 Å². The molecule has 1 aliphatic rings. The smallest absolute Gasteiger partial charge is 0.161 e. The quantitative estimate of drug-likeness (QED) is 0.805. The molecule has 0 bridgehead atoms. The van der Waals surface area contributed by atoms with Gasteiger partial charge in [0.1, 0.15) is 13.2 Å². The van der Waals surface area contributed by atoms with Crippen LogP contribution in [0.5, 0.6) is 11.5 Å². The lowest BCUT2D eigenvalue weighted by Crippen LogP contribution is -2.19. The van der Waals surface area contributed by atoms with Gasteiger partial charge in [-0.1, -0.05) is 48.0 Å². The highest BCUT2D eigenvalue weighted by Crippen LogP contribution is 2.30. The minimum Gasteiger partial charge on any atom is -0.486 e. The van der Waals surface area contributed by atoms with Gasteiger partial charge in [0.25, 0.3) is 0 Å². The summed E-state index contributed by atoms with van der Waals surface area (Å²) < 4.78 is 11.2. The van der Waals surface area contributed by atoms with Crippen molar-refractivity contribution in [2.45, 2.75) is 13.5 Å². The zero-order valence-corrected chi connectivity index (χ0v) is 15.0. The lowest BCUT2D eigenvalue weighted by atomic mass is 10.1. The number of ether oxygens (including phenoxy) is 2. The van der Waals surface area contributed by atoms with Crippen molar-refractivity contribution in [2.75, 3.05) is 26.8 Å². The summed E-state index contributed by atoms with van der Waals surface area (Å²) in [6.45, 7) is 5.17. The molecule has 0 fully saturated rings. The molecule has 2 aromatic carbocycles. The first-order valence-electron chi connectivity index (χ1n) is 8.01. The second-order valence-corrected chi connectivity index (χ2v) is 5.99. The number of halogens is 1. The molecule has 0 unspecified atom stereocenters. The van der Waals surface area contributed by atoms with Crippen LogP contribution in [-0.2, 0) is 6.54 Å². The summed E-state index contributed by atoms with van der Waals surface area (Å²) in [6.07, 6.45) is 4.38. The molecule has 0 amide bonds. The van der Waals surface area contributed by atoms with E-state index in [-0.39, 0.29) is 12.4 Å². The van der Waals surface area contributed by atoms with E-state index in [1.54, 1.807) is 0 Å². The molecule has 1 aliphatic heterocycles. The van der Waals surface area contributed by atoms with Crippen LogP contribution in [-0.4, -0.2) is 31.7 Å². The monoisotopic (exact) mass is 345 g/mol. The Kier molecular flexibility index (Phi) is 6.71. The normalized spacial score (nSPS) is 13.1. The molecule has 2 aromatic rings. The average Bonchev–Trinajstić information content (AvgIpc) is 2.55. The molecule has 0 atom stereocenters. The van der Waals surface area contributed by atoms with Crippen molar-refractivity contribution in [3.8, 4) is 11.5 Å². The van der Waals surface area contributed by atoms with Crippen molar-refractivity contribution in [1.82, 2.24) is 4.90 Å². The third kappa shape index (κ3) is 5.02. The Morgan fingerprint density at radius 1 is 1.04 bits per heavy atom. The Bertz CT molecular complexity index is 700. The van der Waals surface area contributed by atoms with Crippen LogP contribution in [0.3, 0.4) is 0 Å². The maximum atomic E-state index is 5.64. The first kappa shape index (κ1) is 18.4. The Morgan fingerprint density at radius 2 is 1.83 bits per heavy atom. The van der Waals surface area contributed by atoms with E-state index in [0.717, 1.165) is 24.6 Å². The van der Waals surface area contributed by atoms with Crippen LogP contribution < -0.4 is 9.47 Å². The molecule has 3 nitrogen and oxygen atoms in total. The topological polar surface area (TPSA) is 21.7 Å². The average molecular weight is 346 g/mol. The number of likely N-dealkylation sites (N-methyl/N-ethyl adjacent to an activating group) is 1. The van der Waals surface area contributed by atoms with Gasteiger partial charge < -0.3 is 9.47 Å². The highest BCUT2D eigenvalue weighted by atomic mass is 35.5.